The molecule has 1 aromatic carbocycles. The van der Waals surface area contributed by atoms with E-state index in [1.165, 1.54) is 14.2 Å². The number of carbonyl (C=O) groups is 4. The highest BCUT2D eigenvalue weighted by atomic mass is 32.1. The van der Waals surface area contributed by atoms with Crippen molar-refractivity contribution < 1.29 is 28.7 Å². The topological polar surface area (TPSA) is 146 Å². The molecule has 0 bridgehead atoms. The van der Waals surface area contributed by atoms with E-state index in [0.29, 0.717) is 36.9 Å². The first-order valence-corrected chi connectivity index (χ1v) is 20.5. The van der Waals surface area contributed by atoms with Gasteiger partial charge in [-0.15, -0.1) is 11.3 Å². The molecule has 13 heteroatoms. The number of H-pyrrole nitrogens is 1. The van der Waals surface area contributed by atoms with Crippen LogP contribution in [0.3, 0.4) is 0 Å². The molecule has 3 aliphatic heterocycles. The van der Waals surface area contributed by atoms with E-state index in [1.807, 2.05) is 44.9 Å². The highest BCUT2D eigenvalue weighted by molar-refractivity contribution is 7.19. The summed E-state index contributed by atoms with van der Waals surface area (Å²) >= 11 is 1.60. The summed E-state index contributed by atoms with van der Waals surface area (Å²) in [6.07, 6.45) is 5.12. The number of imidazole rings is 1. The fourth-order valence-corrected chi connectivity index (χ4v) is 8.77. The Labute approximate surface area is 338 Å². The molecule has 2 N–H and O–H groups in total. The largest absolute Gasteiger partial charge is 0.469 e. The Bertz CT molecular complexity index is 2210. The van der Waals surface area contributed by atoms with Crippen molar-refractivity contribution >= 4 is 51.0 Å². The molecule has 6 rings (SSSR count). The average molecular weight is 793 g/mol. The standard InChI is InChI=1S/C44H52N6O6S/c1-25(2)34(20-39(51)55-7)42(52)49-23-27(5)15-36(49)35-18-30(21-45-35)10-9-29-11-14-38-31(17-29)19-33(57-38)13-12-32-22-46-41(47-32)37-16-28(6)24-50(37)43(53)40(26(3)4)48-44(54)56-8/h11,14,17,19,21-22,25-28,34,36-37,40H,15-16,18,20,23-24H2,1-8H3,(H,46,47)(H,48,54)/t27-,28-,34-,36-,37-,40-/m0/s1. The number of alkyl carbamates (subject to hydrolysis) is 1. The van der Waals surface area contributed by atoms with Crippen LogP contribution in [-0.2, 0) is 23.9 Å². The number of hydrogen-bond donors (Lipinski definition) is 2. The van der Waals surface area contributed by atoms with Gasteiger partial charge < -0.3 is 29.6 Å². The van der Waals surface area contributed by atoms with Crippen LogP contribution in [0.5, 0.6) is 0 Å². The van der Waals surface area contributed by atoms with Crippen molar-refractivity contribution in [2.75, 3.05) is 27.3 Å². The molecule has 0 aliphatic carbocycles. The van der Waals surface area contributed by atoms with Crippen LogP contribution in [0.4, 0.5) is 4.79 Å². The Kier molecular flexibility index (Phi) is 12.9. The van der Waals surface area contributed by atoms with Crippen LogP contribution in [0.25, 0.3) is 10.1 Å². The molecular weight excluding hydrogens is 741 g/mol. The van der Waals surface area contributed by atoms with Crippen LogP contribution in [0.15, 0.2) is 47.2 Å². The van der Waals surface area contributed by atoms with Gasteiger partial charge in [0.25, 0.3) is 0 Å². The van der Waals surface area contributed by atoms with Gasteiger partial charge in [-0.2, -0.15) is 0 Å². The number of allylic oxidation sites excluding steroid dienone is 1. The second kappa shape index (κ2) is 17.8. The Morgan fingerprint density at radius 2 is 1.63 bits per heavy atom. The Balaban J connectivity index is 1.09. The smallest absolute Gasteiger partial charge is 0.407 e. The normalized spacial score (nSPS) is 21.4. The highest BCUT2D eigenvalue weighted by Gasteiger charge is 2.42. The van der Waals surface area contributed by atoms with Gasteiger partial charge in [0.1, 0.15) is 17.6 Å². The number of benzene rings is 1. The van der Waals surface area contributed by atoms with Crippen molar-refractivity contribution in [3.05, 3.63) is 64.2 Å². The van der Waals surface area contributed by atoms with Gasteiger partial charge in [-0.05, 0) is 78.0 Å². The van der Waals surface area contributed by atoms with Gasteiger partial charge in [0, 0.05) is 47.3 Å². The summed E-state index contributed by atoms with van der Waals surface area (Å²) in [6, 6.07) is 7.12. The van der Waals surface area contributed by atoms with Crippen LogP contribution in [0.1, 0.15) is 95.2 Å². The summed E-state index contributed by atoms with van der Waals surface area (Å²) in [5.41, 5.74) is 3.38. The SMILES string of the molecule is COC(=O)C[C@H](C(=O)N1C[C@@H](C)C[C@H]1C1=NC=C(C#Cc2ccc3sc(C#Cc4cnc([C@@H]5C[C@H](C)CN5C(=O)[C@@H](NC(=O)OC)C(C)C)[nH]4)cc3c2)C1)C(C)C. The van der Waals surface area contributed by atoms with E-state index in [4.69, 9.17) is 14.5 Å². The van der Waals surface area contributed by atoms with Crippen LogP contribution < -0.4 is 5.32 Å². The predicted octanol–water partition coefficient (Wildman–Crippen LogP) is 6.47. The molecule has 5 heterocycles. The minimum Gasteiger partial charge on any atom is -0.469 e. The van der Waals surface area contributed by atoms with Gasteiger partial charge in [-0.1, -0.05) is 53.4 Å². The van der Waals surface area contributed by atoms with Crippen LogP contribution >= 0.6 is 11.3 Å². The minimum atomic E-state index is -0.707. The second-order valence-electron chi connectivity index (χ2n) is 16.2. The number of carbonyl (C=O) groups excluding carboxylic acids is 4. The summed E-state index contributed by atoms with van der Waals surface area (Å²) in [6.45, 7) is 13.2. The Hall–Kier alpha value is -5.40. The predicted molar refractivity (Wildman–Crippen MR) is 220 cm³/mol. The van der Waals surface area contributed by atoms with Gasteiger partial charge in [0.15, 0.2) is 0 Å². The number of fused-ring (bicyclic) bond motifs is 1. The number of thiophene rings is 1. The fraction of sp³-hybridized carbons (Fsp3) is 0.500. The van der Waals surface area contributed by atoms with E-state index >= 15 is 0 Å². The third-order valence-corrected chi connectivity index (χ3v) is 12.0. The molecule has 0 saturated carbocycles. The molecule has 12 nitrogen and oxygen atoms in total. The maximum atomic E-state index is 13.7. The summed E-state index contributed by atoms with van der Waals surface area (Å²) < 4.78 is 10.7. The van der Waals surface area contributed by atoms with Crippen molar-refractivity contribution in [3.8, 4) is 23.7 Å². The molecule has 0 radical (unpaired) electrons. The number of hydrogen-bond acceptors (Lipinski definition) is 9. The second-order valence-corrected chi connectivity index (χ2v) is 17.3. The van der Waals surface area contributed by atoms with Gasteiger partial charge in [0.05, 0.1) is 49.7 Å². The number of esters is 1. The van der Waals surface area contributed by atoms with Crippen molar-refractivity contribution in [3.63, 3.8) is 0 Å². The lowest BCUT2D eigenvalue weighted by molar-refractivity contribution is -0.148. The van der Waals surface area contributed by atoms with Crippen LogP contribution in [0.2, 0.25) is 0 Å². The lowest BCUT2D eigenvalue weighted by Gasteiger charge is -2.30. The summed E-state index contributed by atoms with van der Waals surface area (Å²) in [7, 11) is 2.64. The molecule has 3 aromatic rings. The maximum absolute atomic E-state index is 13.7. The molecule has 3 aliphatic rings. The Morgan fingerprint density at radius 1 is 0.912 bits per heavy atom. The van der Waals surface area contributed by atoms with Crippen molar-refractivity contribution in [1.29, 1.82) is 0 Å². The number of aliphatic imine (C=N–C) groups is 1. The van der Waals surface area contributed by atoms with Gasteiger partial charge >= 0.3 is 12.1 Å². The molecule has 3 amide bonds. The van der Waals surface area contributed by atoms with E-state index in [-0.39, 0.29) is 54.0 Å². The zero-order chi connectivity index (χ0) is 41.0. The van der Waals surface area contributed by atoms with Crippen molar-refractivity contribution in [2.45, 2.75) is 85.4 Å². The number of methoxy groups -OCH3 is 2. The quantitative estimate of drug-likeness (QED) is 0.187. The number of amides is 3. The molecule has 57 heavy (non-hydrogen) atoms. The lowest BCUT2D eigenvalue weighted by atomic mass is 9.90. The molecule has 2 saturated heterocycles. The number of aromatic nitrogens is 2. The monoisotopic (exact) mass is 792 g/mol. The first kappa shape index (κ1) is 41.2. The number of ether oxygens (including phenoxy) is 2. The van der Waals surface area contributed by atoms with Gasteiger partial charge in [-0.3, -0.25) is 19.4 Å². The number of aromatic amines is 1. The van der Waals surface area contributed by atoms with Gasteiger partial charge in [0.2, 0.25) is 11.8 Å². The zero-order valence-electron chi connectivity index (χ0n) is 34.0. The summed E-state index contributed by atoms with van der Waals surface area (Å²) in [4.78, 5) is 68.7. The Morgan fingerprint density at radius 3 is 2.32 bits per heavy atom. The molecular formula is C44H52N6O6S. The third kappa shape index (κ3) is 9.60. The third-order valence-electron chi connectivity index (χ3n) is 11.0. The number of nitrogens with one attached hydrogen (secondary N) is 2. The molecule has 300 valence electrons. The first-order chi connectivity index (χ1) is 27.2. The van der Waals surface area contributed by atoms with Crippen molar-refractivity contribution in [2.24, 2.45) is 34.6 Å². The fourth-order valence-electron chi connectivity index (χ4n) is 7.88. The van der Waals surface area contributed by atoms with E-state index in [2.05, 4.69) is 71.0 Å². The number of rotatable bonds is 9. The maximum Gasteiger partial charge on any atom is 0.407 e. The highest BCUT2D eigenvalue weighted by Crippen LogP contribution is 2.35. The summed E-state index contributed by atoms with van der Waals surface area (Å²) in [5.74, 6) is 13.3. The lowest BCUT2D eigenvalue weighted by Crippen LogP contribution is -2.51. The molecule has 2 aromatic heterocycles. The number of nitrogens with zero attached hydrogens (tertiary/aromatic N) is 4. The van der Waals surface area contributed by atoms with E-state index < -0.39 is 18.1 Å². The van der Waals surface area contributed by atoms with E-state index in [0.717, 1.165) is 44.7 Å². The van der Waals surface area contributed by atoms with E-state index in [9.17, 15) is 19.2 Å². The molecule has 0 unspecified atom stereocenters. The number of likely N-dealkylation sites (tertiary alicyclic amines) is 2. The summed E-state index contributed by atoms with van der Waals surface area (Å²) in [5, 5.41) is 3.74. The van der Waals surface area contributed by atoms with E-state index in [1.54, 1.807) is 22.4 Å². The van der Waals surface area contributed by atoms with Gasteiger partial charge in [-0.25, -0.2) is 9.78 Å². The minimum absolute atomic E-state index is 0.00663. The van der Waals surface area contributed by atoms with Crippen LogP contribution in [0, 0.1) is 53.3 Å². The zero-order valence-corrected chi connectivity index (χ0v) is 34.8. The first-order valence-electron chi connectivity index (χ1n) is 19.6. The van der Waals surface area contributed by atoms with Crippen LogP contribution in [-0.4, -0.2) is 88.7 Å². The van der Waals surface area contributed by atoms with Crippen molar-refractivity contribution in [1.82, 2.24) is 25.1 Å². The molecule has 0 spiro atoms. The average Bonchev–Trinajstić information content (AvgIpc) is 4.03. The molecule has 6 atom stereocenters. The molecule has 2 fully saturated rings.